The molecule has 0 aliphatic heterocycles. The number of halogens is 1. The molecule has 20 heavy (non-hydrogen) atoms. The third-order valence-corrected chi connectivity index (χ3v) is 2.96. The SMILES string of the molecule is Nc1ccc(-c2nc(Cc3cccc(Cl)c3)no2)nc1. The zero-order chi connectivity index (χ0) is 13.9. The van der Waals surface area contributed by atoms with E-state index in [4.69, 9.17) is 21.9 Å². The van der Waals surface area contributed by atoms with Crippen LogP contribution in [0.15, 0.2) is 47.1 Å². The van der Waals surface area contributed by atoms with E-state index < -0.39 is 0 Å². The van der Waals surface area contributed by atoms with Gasteiger partial charge in [-0.25, -0.2) is 4.98 Å². The van der Waals surface area contributed by atoms with Crippen LogP contribution in [-0.2, 0) is 6.42 Å². The maximum atomic E-state index is 5.94. The van der Waals surface area contributed by atoms with E-state index in [9.17, 15) is 0 Å². The predicted octanol–water partition coefficient (Wildman–Crippen LogP) is 2.96. The summed E-state index contributed by atoms with van der Waals surface area (Å²) >= 11 is 5.94. The van der Waals surface area contributed by atoms with E-state index in [0.717, 1.165) is 5.56 Å². The summed E-state index contributed by atoms with van der Waals surface area (Å²) in [5.41, 5.74) is 7.80. The average molecular weight is 287 g/mol. The summed E-state index contributed by atoms with van der Waals surface area (Å²) in [6, 6.07) is 11.0. The number of anilines is 1. The van der Waals surface area contributed by atoms with Gasteiger partial charge in [0.25, 0.3) is 5.89 Å². The molecule has 0 amide bonds. The van der Waals surface area contributed by atoms with Crippen molar-refractivity contribution in [3.05, 3.63) is 59.0 Å². The maximum Gasteiger partial charge on any atom is 0.276 e. The molecule has 0 radical (unpaired) electrons. The van der Waals surface area contributed by atoms with Gasteiger partial charge in [-0.05, 0) is 29.8 Å². The van der Waals surface area contributed by atoms with Crippen LogP contribution in [0.5, 0.6) is 0 Å². The molecule has 0 aliphatic rings. The summed E-state index contributed by atoms with van der Waals surface area (Å²) in [5, 5.41) is 4.63. The molecular weight excluding hydrogens is 276 g/mol. The first-order valence-corrected chi connectivity index (χ1v) is 6.37. The van der Waals surface area contributed by atoms with E-state index in [2.05, 4.69) is 15.1 Å². The van der Waals surface area contributed by atoms with E-state index in [1.165, 1.54) is 0 Å². The first kappa shape index (κ1) is 12.6. The lowest BCUT2D eigenvalue weighted by molar-refractivity contribution is 0.422. The molecule has 100 valence electrons. The minimum atomic E-state index is 0.377. The molecule has 3 aromatic rings. The Morgan fingerprint density at radius 2 is 2.10 bits per heavy atom. The number of rotatable bonds is 3. The fourth-order valence-electron chi connectivity index (χ4n) is 1.79. The molecule has 2 N–H and O–H groups in total. The molecule has 6 heteroatoms. The van der Waals surface area contributed by atoms with Gasteiger partial charge in [-0.15, -0.1) is 0 Å². The zero-order valence-electron chi connectivity index (χ0n) is 10.5. The number of aromatic nitrogens is 3. The van der Waals surface area contributed by atoms with Crippen LogP contribution in [0.3, 0.4) is 0 Å². The standard InChI is InChI=1S/C14H11ClN4O/c15-10-3-1-2-9(6-10)7-13-18-14(20-19-13)12-5-4-11(16)8-17-12/h1-6,8H,7,16H2. The Morgan fingerprint density at radius 3 is 2.85 bits per heavy atom. The molecule has 0 fully saturated rings. The summed E-state index contributed by atoms with van der Waals surface area (Å²) in [6.45, 7) is 0. The van der Waals surface area contributed by atoms with E-state index in [1.54, 1.807) is 18.3 Å². The first-order valence-electron chi connectivity index (χ1n) is 5.99. The smallest absolute Gasteiger partial charge is 0.276 e. The Kier molecular flexibility index (Phi) is 3.35. The lowest BCUT2D eigenvalue weighted by Crippen LogP contribution is -1.91. The van der Waals surface area contributed by atoms with Crippen molar-refractivity contribution < 1.29 is 4.52 Å². The Balaban J connectivity index is 1.82. The van der Waals surface area contributed by atoms with Gasteiger partial charge < -0.3 is 10.3 Å². The Labute approximate surface area is 120 Å². The van der Waals surface area contributed by atoms with E-state index in [1.807, 2.05) is 24.3 Å². The number of hydrogen-bond donors (Lipinski definition) is 1. The van der Waals surface area contributed by atoms with E-state index in [0.29, 0.717) is 34.5 Å². The van der Waals surface area contributed by atoms with Crippen LogP contribution in [0.1, 0.15) is 11.4 Å². The van der Waals surface area contributed by atoms with Crippen LogP contribution in [0.2, 0.25) is 5.02 Å². The minimum Gasteiger partial charge on any atom is -0.397 e. The van der Waals surface area contributed by atoms with Crippen LogP contribution < -0.4 is 5.73 Å². The van der Waals surface area contributed by atoms with Crippen molar-refractivity contribution in [2.75, 3.05) is 5.73 Å². The van der Waals surface area contributed by atoms with Crippen LogP contribution >= 0.6 is 11.6 Å². The summed E-state index contributed by atoms with van der Waals surface area (Å²) < 4.78 is 5.20. The molecule has 1 aromatic carbocycles. The fraction of sp³-hybridized carbons (Fsp3) is 0.0714. The molecule has 5 nitrogen and oxygen atoms in total. The highest BCUT2D eigenvalue weighted by Gasteiger charge is 2.10. The molecular formula is C14H11ClN4O. The third-order valence-electron chi connectivity index (χ3n) is 2.72. The molecule has 0 saturated carbocycles. The van der Waals surface area contributed by atoms with Crippen molar-refractivity contribution in [1.82, 2.24) is 15.1 Å². The molecule has 0 aliphatic carbocycles. The average Bonchev–Trinajstić information content (AvgIpc) is 2.88. The van der Waals surface area contributed by atoms with Crippen molar-refractivity contribution >= 4 is 17.3 Å². The third kappa shape index (κ3) is 2.78. The number of pyridine rings is 1. The summed E-state index contributed by atoms with van der Waals surface area (Å²) in [5.74, 6) is 0.961. The van der Waals surface area contributed by atoms with E-state index in [-0.39, 0.29) is 0 Å². The summed E-state index contributed by atoms with van der Waals surface area (Å²) in [6.07, 6.45) is 2.11. The largest absolute Gasteiger partial charge is 0.397 e. The Bertz CT molecular complexity index is 724. The van der Waals surface area contributed by atoms with Gasteiger partial charge in [-0.3, -0.25) is 0 Å². The van der Waals surface area contributed by atoms with Gasteiger partial charge in [-0.1, -0.05) is 28.9 Å². The summed E-state index contributed by atoms with van der Waals surface area (Å²) in [4.78, 5) is 8.45. The molecule has 0 unspecified atom stereocenters. The highest BCUT2D eigenvalue weighted by Crippen LogP contribution is 2.18. The van der Waals surface area contributed by atoms with Crippen LogP contribution in [-0.4, -0.2) is 15.1 Å². The second-order valence-corrected chi connectivity index (χ2v) is 4.74. The van der Waals surface area contributed by atoms with Gasteiger partial charge >= 0.3 is 0 Å². The number of benzene rings is 1. The van der Waals surface area contributed by atoms with Crippen LogP contribution in [0.4, 0.5) is 5.69 Å². The topological polar surface area (TPSA) is 77.8 Å². The lowest BCUT2D eigenvalue weighted by atomic mass is 10.1. The monoisotopic (exact) mass is 286 g/mol. The van der Waals surface area contributed by atoms with Crippen LogP contribution in [0, 0.1) is 0 Å². The van der Waals surface area contributed by atoms with E-state index >= 15 is 0 Å². The minimum absolute atomic E-state index is 0.377. The number of nitrogens with two attached hydrogens (primary N) is 1. The first-order chi connectivity index (χ1) is 9.70. The van der Waals surface area contributed by atoms with Gasteiger partial charge in [-0.2, -0.15) is 4.98 Å². The number of hydrogen-bond acceptors (Lipinski definition) is 5. The fourth-order valence-corrected chi connectivity index (χ4v) is 2.00. The predicted molar refractivity (Wildman–Crippen MR) is 76.2 cm³/mol. The molecule has 0 bridgehead atoms. The van der Waals surface area contributed by atoms with Crippen LogP contribution in [0.25, 0.3) is 11.6 Å². The normalized spacial score (nSPS) is 10.7. The van der Waals surface area contributed by atoms with Gasteiger partial charge in [0.05, 0.1) is 11.9 Å². The Hall–Kier alpha value is -2.40. The van der Waals surface area contributed by atoms with Crippen molar-refractivity contribution in [3.63, 3.8) is 0 Å². The molecule has 2 heterocycles. The Morgan fingerprint density at radius 1 is 1.20 bits per heavy atom. The number of nitrogen functional groups attached to an aromatic ring is 1. The highest BCUT2D eigenvalue weighted by molar-refractivity contribution is 6.30. The van der Waals surface area contributed by atoms with Gasteiger partial charge in [0.1, 0.15) is 5.69 Å². The zero-order valence-corrected chi connectivity index (χ0v) is 11.2. The quantitative estimate of drug-likeness (QED) is 0.801. The van der Waals surface area contributed by atoms with Crippen molar-refractivity contribution in [2.24, 2.45) is 0 Å². The number of nitrogens with zero attached hydrogens (tertiary/aromatic N) is 3. The molecule has 2 aromatic heterocycles. The van der Waals surface area contributed by atoms with Gasteiger partial charge in [0.15, 0.2) is 5.82 Å². The second kappa shape index (κ2) is 5.30. The molecule has 0 spiro atoms. The molecule has 0 atom stereocenters. The molecule has 3 rings (SSSR count). The van der Waals surface area contributed by atoms with Crippen molar-refractivity contribution in [3.8, 4) is 11.6 Å². The van der Waals surface area contributed by atoms with Gasteiger partial charge in [0.2, 0.25) is 0 Å². The maximum absolute atomic E-state index is 5.94. The highest BCUT2D eigenvalue weighted by atomic mass is 35.5. The summed E-state index contributed by atoms with van der Waals surface area (Å²) in [7, 11) is 0. The second-order valence-electron chi connectivity index (χ2n) is 4.30. The van der Waals surface area contributed by atoms with Crippen molar-refractivity contribution in [1.29, 1.82) is 0 Å². The van der Waals surface area contributed by atoms with Gasteiger partial charge in [0, 0.05) is 11.4 Å². The van der Waals surface area contributed by atoms with Crippen molar-refractivity contribution in [2.45, 2.75) is 6.42 Å². The molecule has 0 saturated heterocycles. The lowest BCUT2D eigenvalue weighted by Gasteiger charge is -1.96.